The second kappa shape index (κ2) is 24.3. The number of aliphatic hydroxyl groups excluding tert-OH is 2. The number of nitrogens with zero attached hydrogens (tertiary/aromatic N) is 2. The van der Waals surface area contributed by atoms with Gasteiger partial charge in [-0.2, -0.15) is 0 Å². The number of aliphatic hydroxyl groups is 3. The zero-order chi connectivity index (χ0) is 44.9. The van der Waals surface area contributed by atoms with Gasteiger partial charge < -0.3 is 67.8 Å². The van der Waals surface area contributed by atoms with Crippen LogP contribution in [-0.4, -0.2) is 176 Å². The Hall–Kier alpha value is -2.58. The number of likely N-dealkylation sites (N-methyl/N-ethyl adjacent to an activating group) is 2. The maximum absolute atomic E-state index is 13.6. The average Bonchev–Trinajstić information content (AvgIpc) is 3.16. The molecule has 5 unspecified atom stereocenters. The summed E-state index contributed by atoms with van der Waals surface area (Å²) in [5, 5.41) is 34.9. The average molecular weight is 859 g/mol. The van der Waals surface area contributed by atoms with E-state index in [1.165, 1.54) is 7.11 Å². The molecule has 3 aliphatic rings. The molecule has 3 heterocycles. The molecule has 0 aromatic carbocycles. The van der Waals surface area contributed by atoms with Gasteiger partial charge in [-0.05, 0) is 79.6 Å². The summed E-state index contributed by atoms with van der Waals surface area (Å²) >= 11 is 0. The number of cyclic esters (lactones) is 1. The third-order valence-electron chi connectivity index (χ3n) is 11.9. The van der Waals surface area contributed by atoms with E-state index in [1.807, 2.05) is 18.9 Å². The molecule has 3 fully saturated rings. The maximum atomic E-state index is 13.6. The van der Waals surface area contributed by atoms with Gasteiger partial charge in [-0.1, -0.05) is 26.8 Å². The SMILES string of the molecule is C=CC[C@H]1CCCN(C)C[C@H](O)[C@H](C)C[C@H](CC=O)[C@H](O[C@@H]2OC(C)[C@@H](O[C@H]3CC(C)(O)[C@@H](OC(=O)CC)C(C)O3)C(N(C)C)C2O)[C@@H](OC)[C@H](OC(=O)CC)CC(=O)O1. The van der Waals surface area contributed by atoms with Gasteiger partial charge in [0.15, 0.2) is 18.7 Å². The van der Waals surface area contributed by atoms with Crippen molar-refractivity contribution in [3.05, 3.63) is 12.7 Å². The first kappa shape index (κ1) is 51.8. The Morgan fingerprint density at radius 2 is 1.67 bits per heavy atom. The minimum absolute atomic E-state index is 0.00155. The van der Waals surface area contributed by atoms with Crippen LogP contribution in [0.15, 0.2) is 12.7 Å². The van der Waals surface area contributed by atoms with Gasteiger partial charge in [-0.3, -0.25) is 14.4 Å². The highest BCUT2D eigenvalue weighted by Crippen LogP contribution is 2.38. The molecule has 0 aliphatic carbocycles. The zero-order valence-electron chi connectivity index (χ0n) is 37.4. The van der Waals surface area contributed by atoms with Crippen molar-refractivity contribution >= 4 is 24.2 Å². The standard InChI is InChI=1S/C43H74N2O15/c1-12-16-29-17-15-19-45(10)24-30(47)25(4)21-28(18-20-46)39(40(53-11)31(22-34(50)56-29)57-32(48)13-2)60-42-37(51)36(44(8)9)38(26(5)55-42)59-35-23-43(7,52)41(27(6)54-35)58-33(49)14-3/h12,20,25-31,35-42,47,51-52H,1,13-19,21-24H2,2-11H3/t25-,26?,27?,28+,29+,30+,31-,35+,36?,37?,38-,39+,40+,41+,42+,43?/m1/s1. The lowest BCUT2D eigenvalue weighted by Crippen LogP contribution is -2.66. The summed E-state index contributed by atoms with van der Waals surface area (Å²) in [7, 11) is 6.79. The van der Waals surface area contributed by atoms with Gasteiger partial charge in [-0.25, -0.2) is 0 Å². The number of carbonyl (C=O) groups is 4. The number of aldehydes is 1. The van der Waals surface area contributed by atoms with Gasteiger partial charge in [0.25, 0.3) is 0 Å². The smallest absolute Gasteiger partial charge is 0.309 e. The highest BCUT2D eigenvalue weighted by Gasteiger charge is 2.53. The van der Waals surface area contributed by atoms with Crippen LogP contribution in [0.3, 0.4) is 0 Å². The molecule has 0 radical (unpaired) electrons. The number of hydrogen-bond acceptors (Lipinski definition) is 17. The van der Waals surface area contributed by atoms with Gasteiger partial charge in [0.1, 0.15) is 42.4 Å². The summed E-state index contributed by atoms with van der Waals surface area (Å²) in [6, 6.07) is -0.781. The number of hydrogen-bond donors (Lipinski definition) is 3. The summed E-state index contributed by atoms with van der Waals surface area (Å²) < 4.78 is 49.1. The van der Waals surface area contributed by atoms with E-state index in [4.69, 9.17) is 37.9 Å². The van der Waals surface area contributed by atoms with Crippen LogP contribution in [0.1, 0.15) is 99.3 Å². The Labute approximate surface area is 356 Å². The molecule has 0 aromatic heterocycles. The summed E-state index contributed by atoms with van der Waals surface area (Å²) in [5.74, 6) is -2.74. The molecular formula is C43H74N2O15. The Kier molecular flexibility index (Phi) is 21.0. The van der Waals surface area contributed by atoms with E-state index in [1.54, 1.807) is 59.7 Å². The van der Waals surface area contributed by atoms with E-state index in [-0.39, 0.29) is 38.0 Å². The number of rotatable bonds is 14. The molecule has 0 spiro atoms. The Morgan fingerprint density at radius 3 is 2.25 bits per heavy atom. The minimum atomic E-state index is -1.49. The fourth-order valence-electron chi connectivity index (χ4n) is 8.62. The topological polar surface area (TPSA) is 209 Å². The predicted molar refractivity (Wildman–Crippen MR) is 218 cm³/mol. The highest BCUT2D eigenvalue weighted by atomic mass is 16.7. The quantitative estimate of drug-likeness (QED) is 0.0992. The maximum Gasteiger partial charge on any atom is 0.309 e. The third kappa shape index (κ3) is 14.5. The molecule has 60 heavy (non-hydrogen) atoms. The Morgan fingerprint density at radius 1 is 1.00 bits per heavy atom. The van der Waals surface area contributed by atoms with Gasteiger partial charge in [0, 0.05) is 45.8 Å². The summed E-state index contributed by atoms with van der Waals surface area (Å²) in [4.78, 5) is 54.9. The van der Waals surface area contributed by atoms with Crippen molar-refractivity contribution in [3.8, 4) is 0 Å². The van der Waals surface area contributed by atoms with Crippen LogP contribution in [0.4, 0.5) is 0 Å². The second-order valence-corrected chi connectivity index (χ2v) is 17.2. The summed E-state index contributed by atoms with van der Waals surface area (Å²) in [6.45, 7) is 14.9. The summed E-state index contributed by atoms with van der Waals surface area (Å²) in [5.41, 5.74) is -1.49. The number of methoxy groups -OCH3 is 1. The monoisotopic (exact) mass is 859 g/mol. The molecule has 0 aromatic rings. The molecule has 17 nitrogen and oxygen atoms in total. The molecule has 0 saturated carbocycles. The fraction of sp³-hybridized carbons (Fsp3) is 0.860. The van der Waals surface area contributed by atoms with Gasteiger partial charge in [-0.15, -0.1) is 6.58 Å². The largest absolute Gasteiger partial charge is 0.462 e. The first-order chi connectivity index (χ1) is 28.3. The van der Waals surface area contributed by atoms with Crippen LogP contribution in [0.2, 0.25) is 0 Å². The van der Waals surface area contributed by atoms with Gasteiger partial charge in [0.2, 0.25) is 0 Å². The number of ether oxygens (including phenoxy) is 8. The van der Waals surface area contributed by atoms with E-state index in [2.05, 4.69) is 6.58 Å². The molecule has 0 bridgehead atoms. The molecule has 0 amide bonds. The van der Waals surface area contributed by atoms with Crippen LogP contribution in [0.25, 0.3) is 0 Å². The molecule has 3 rings (SSSR count). The Balaban J connectivity index is 2.03. The van der Waals surface area contributed by atoms with Crippen molar-refractivity contribution in [1.29, 1.82) is 0 Å². The van der Waals surface area contributed by atoms with Crippen molar-refractivity contribution in [3.63, 3.8) is 0 Å². The first-order valence-corrected chi connectivity index (χ1v) is 21.5. The van der Waals surface area contributed by atoms with Crippen molar-refractivity contribution in [2.24, 2.45) is 11.8 Å². The van der Waals surface area contributed by atoms with Crippen molar-refractivity contribution < 1.29 is 72.4 Å². The van der Waals surface area contributed by atoms with Crippen LogP contribution in [0.5, 0.6) is 0 Å². The highest BCUT2D eigenvalue weighted by molar-refractivity contribution is 5.72. The molecule has 346 valence electrons. The lowest BCUT2D eigenvalue weighted by atomic mass is 9.82. The number of β-amino-alcohol motifs (C(OH)–C–C–N with tert-alkyl or cyclic N) is 1. The molecule has 16 atom stereocenters. The summed E-state index contributed by atoms with van der Waals surface area (Å²) in [6.07, 6.45) is -7.88. The van der Waals surface area contributed by atoms with Gasteiger partial charge >= 0.3 is 17.9 Å². The molecular weight excluding hydrogens is 784 g/mol. The second-order valence-electron chi connectivity index (χ2n) is 17.2. The lowest BCUT2D eigenvalue weighted by molar-refractivity contribution is -0.344. The predicted octanol–water partition coefficient (Wildman–Crippen LogP) is 2.53. The number of esters is 3. The van der Waals surface area contributed by atoms with E-state index in [0.29, 0.717) is 32.4 Å². The van der Waals surface area contributed by atoms with Crippen LogP contribution in [-0.2, 0) is 57.1 Å². The molecule has 3 saturated heterocycles. The van der Waals surface area contributed by atoms with Crippen molar-refractivity contribution in [2.75, 3.05) is 41.3 Å². The molecule has 17 heteroatoms. The molecule has 3 aliphatic heterocycles. The van der Waals surface area contributed by atoms with E-state index >= 15 is 0 Å². The first-order valence-electron chi connectivity index (χ1n) is 21.5. The van der Waals surface area contributed by atoms with E-state index < -0.39 is 116 Å². The number of carbonyl (C=O) groups excluding carboxylic acids is 4. The fourth-order valence-corrected chi connectivity index (χ4v) is 8.62. The Bertz CT molecular complexity index is 1370. The molecule has 3 N–H and O–H groups in total. The normalized spacial score (nSPS) is 39.4. The van der Waals surface area contributed by atoms with Crippen LogP contribution < -0.4 is 0 Å². The minimum Gasteiger partial charge on any atom is -0.462 e. The van der Waals surface area contributed by atoms with E-state index in [0.717, 1.165) is 6.29 Å². The van der Waals surface area contributed by atoms with Crippen LogP contribution in [0, 0.1) is 11.8 Å². The van der Waals surface area contributed by atoms with Crippen LogP contribution >= 0.6 is 0 Å². The van der Waals surface area contributed by atoms with Crippen molar-refractivity contribution in [2.45, 2.75) is 185 Å². The zero-order valence-corrected chi connectivity index (χ0v) is 37.4. The van der Waals surface area contributed by atoms with E-state index in [9.17, 15) is 34.5 Å². The van der Waals surface area contributed by atoms with Crippen molar-refractivity contribution in [1.82, 2.24) is 9.80 Å². The van der Waals surface area contributed by atoms with Gasteiger partial charge in [0.05, 0.1) is 36.9 Å². The lowest BCUT2D eigenvalue weighted by Gasteiger charge is -2.50. The third-order valence-corrected chi connectivity index (χ3v) is 11.9.